The Morgan fingerprint density at radius 2 is 2.50 bits per heavy atom. The highest BCUT2D eigenvalue weighted by molar-refractivity contribution is 5.74. The van der Waals surface area contributed by atoms with Gasteiger partial charge < -0.3 is 4.84 Å². The van der Waals surface area contributed by atoms with Crippen molar-refractivity contribution in [2.24, 2.45) is 11.8 Å². The Balaban J connectivity index is 2.46. The maximum atomic E-state index is 10.8. The molecule has 0 amide bonds. The third-order valence-corrected chi connectivity index (χ3v) is 1.67. The summed E-state index contributed by atoms with van der Waals surface area (Å²) >= 11 is 0. The van der Waals surface area contributed by atoms with E-state index in [9.17, 15) is 4.79 Å². The van der Waals surface area contributed by atoms with Crippen LogP contribution in [0.5, 0.6) is 0 Å². The molecule has 3 nitrogen and oxygen atoms in total. The third-order valence-electron chi connectivity index (χ3n) is 1.67. The fraction of sp³-hybridized carbons (Fsp3) is 0.571. The molecule has 0 aliphatic heterocycles. The van der Waals surface area contributed by atoms with Crippen molar-refractivity contribution in [2.45, 2.75) is 19.3 Å². The van der Waals surface area contributed by atoms with Crippen molar-refractivity contribution < 1.29 is 9.63 Å². The van der Waals surface area contributed by atoms with Crippen LogP contribution in [0.3, 0.4) is 0 Å². The minimum absolute atomic E-state index is 0.0984. The molecule has 1 unspecified atom stereocenters. The van der Waals surface area contributed by atoms with Crippen LogP contribution >= 0.6 is 0 Å². The fourth-order valence-corrected chi connectivity index (χ4v) is 1.10. The summed E-state index contributed by atoms with van der Waals surface area (Å²) in [6.45, 7) is 0. The summed E-state index contributed by atoms with van der Waals surface area (Å²) < 4.78 is 0. The maximum absolute atomic E-state index is 10.8. The van der Waals surface area contributed by atoms with Gasteiger partial charge in [0, 0.05) is 0 Å². The van der Waals surface area contributed by atoms with Gasteiger partial charge in [0.2, 0.25) is 0 Å². The second kappa shape index (κ2) is 3.37. The molecule has 10 heavy (non-hydrogen) atoms. The van der Waals surface area contributed by atoms with Crippen LogP contribution in [-0.4, -0.2) is 5.97 Å². The van der Waals surface area contributed by atoms with Crippen LogP contribution in [0.15, 0.2) is 12.2 Å². The Hall–Kier alpha value is -0.830. The molecule has 3 heteroatoms. The van der Waals surface area contributed by atoms with Crippen LogP contribution in [0.4, 0.5) is 0 Å². The van der Waals surface area contributed by atoms with Gasteiger partial charge in [0.15, 0.2) is 0 Å². The van der Waals surface area contributed by atoms with Gasteiger partial charge in [-0.05, 0) is 19.3 Å². The van der Waals surface area contributed by atoms with Gasteiger partial charge in [0.1, 0.15) is 0 Å². The Kier molecular flexibility index (Phi) is 2.45. The lowest BCUT2D eigenvalue weighted by molar-refractivity contribution is -0.147. The topological polar surface area (TPSA) is 52.3 Å². The molecular formula is C7H11NO2. The summed E-state index contributed by atoms with van der Waals surface area (Å²) in [4.78, 5) is 14.9. The van der Waals surface area contributed by atoms with Crippen LogP contribution in [0.2, 0.25) is 0 Å². The molecule has 1 rings (SSSR count). The molecule has 0 aromatic heterocycles. The van der Waals surface area contributed by atoms with Gasteiger partial charge in [-0.15, -0.1) is 0 Å². The number of hydrogen-bond acceptors (Lipinski definition) is 3. The van der Waals surface area contributed by atoms with Crippen molar-refractivity contribution in [1.82, 2.24) is 0 Å². The van der Waals surface area contributed by atoms with Gasteiger partial charge in [-0.25, -0.2) is 4.79 Å². The number of carbonyl (C=O) groups excluding carboxylic acids is 1. The zero-order valence-electron chi connectivity index (χ0n) is 5.75. The van der Waals surface area contributed by atoms with E-state index in [1.54, 1.807) is 0 Å². The van der Waals surface area contributed by atoms with Crippen molar-refractivity contribution >= 4 is 5.97 Å². The standard InChI is InChI=1S/C7H11NO2/c8-10-7(9)6-4-2-1-3-5-6/h2,4,6H,1,3,5,8H2. The van der Waals surface area contributed by atoms with E-state index in [0.29, 0.717) is 0 Å². The Bertz CT molecular complexity index is 154. The maximum Gasteiger partial charge on any atom is 0.331 e. The predicted octanol–water partition coefficient (Wildman–Crippen LogP) is 0.760. The number of nitrogens with two attached hydrogens (primary N) is 1. The monoisotopic (exact) mass is 141 g/mol. The lowest BCUT2D eigenvalue weighted by atomic mass is 9.96. The van der Waals surface area contributed by atoms with Crippen molar-refractivity contribution in [3.8, 4) is 0 Å². The van der Waals surface area contributed by atoms with Gasteiger partial charge in [-0.2, -0.15) is 5.90 Å². The van der Waals surface area contributed by atoms with Crippen molar-refractivity contribution in [1.29, 1.82) is 0 Å². The first-order chi connectivity index (χ1) is 4.84. The van der Waals surface area contributed by atoms with E-state index in [2.05, 4.69) is 4.84 Å². The van der Waals surface area contributed by atoms with E-state index in [0.717, 1.165) is 19.3 Å². The van der Waals surface area contributed by atoms with E-state index >= 15 is 0 Å². The first kappa shape index (κ1) is 7.28. The summed E-state index contributed by atoms with van der Waals surface area (Å²) in [6, 6.07) is 0. The minimum atomic E-state index is -0.323. The molecule has 0 radical (unpaired) electrons. The highest BCUT2D eigenvalue weighted by atomic mass is 16.7. The van der Waals surface area contributed by atoms with Gasteiger partial charge in [0.05, 0.1) is 5.92 Å². The molecule has 1 aliphatic rings. The zero-order valence-corrected chi connectivity index (χ0v) is 5.75. The highest BCUT2D eigenvalue weighted by Crippen LogP contribution is 2.17. The number of carbonyl (C=O) groups is 1. The van der Waals surface area contributed by atoms with Crippen molar-refractivity contribution in [2.75, 3.05) is 0 Å². The van der Waals surface area contributed by atoms with Crippen LogP contribution in [0.25, 0.3) is 0 Å². The van der Waals surface area contributed by atoms with E-state index in [-0.39, 0.29) is 11.9 Å². The summed E-state index contributed by atoms with van der Waals surface area (Å²) in [5.74, 6) is 4.30. The summed E-state index contributed by atoms with van der Waals surface area (Å²) in [5.41, 5.74) is 0. The molecule has 0 saturated carbocycles. The lowest BCUT2D eigenvalue weighted by Gasteiger charge is -2.11. The van der Waals surface area contributed by atoms with E-state index in [4.69, 9.17) is 5.90 Å². The smallest absolute Gasteiger partial charge is 0.331 e. The van der Waals surface area contributed by atoms with Crippen LogP contribution in [0.1, 0.15) is 19.3 Å². The molecule has 0 spiro atoms. The Morgan fingerprint density at radius 3 is 3.00 bits per heavy atom. The first-order valence-corrected chi connectivity index (χ1v) is 3.42. The largest absolute Gasteiger partial charge is 0.373 e. The van der Waals surface area contributed by atoms with Crippen LogP contribution < -0.4 is 5.90 Å². The summed E-state index contributed by atoms with van der Waals surface area (Å²) in [6.07, 6.45) is 6.83. The molecular weight excluding hydrogens is 130 g/mol. The molecule has 2 N–H and O–H groups in total. The molecule has 1 atom stereocenters. The lowest BCUT2D eigenvalue weighted by Crippen LogP contribution is -2.20. The number of rotatable bonds is 1. The quantitative estimate of drug-likeness (QED) is 0.433. The normalized spacial score (nSPS) is 24.3. The average Bonchev–Trinajstić information content (AvgIpc) is 2.05. The first-order valence-electron chi connectivity index (χ1n) is 3.42. The summed E-state index contributed by atoms with van der Waals surface area (Å²) in [5, 5.41) is 0. The van der Waals surface area contributed by atoms with Crippen LogP contribution in [-0.2, 0) is 9.63 Å². The van der Waals surface area contributed by atoms with E-state index < -0.39 is 0 Å². The fourth-order valence-electron chi connectivity index (χ4n) is 1.10. The van der Waals surface area contributed by atoms with Crippen LogP contribution in [0, 0.1) is 5.92 Å². The molecule has 0 heterocycles. The molecule has 56 valence electrons. The number of allylic oxidation sites excluding steroid dienone is 1. The predicted molar refractivity (Wildman–Crippen MR) is 36.8 cm³/mol. The van der Waals surface area contributed by atoms with Gasteiger partial charge >= 0.3 is 5.97 Å². The Morgan fingerprint density at radius 1 is 1.70 bits per heavy atom. The Labute approximate surface area is 59.8 Å². The molecule has 0 aromatic rings. The van der Waals surface area contributed by atoms with Gasteiger partial charge in [-0.1, -0.05) is 12.2 Å². The SMILES string of the molecule is NOC(=O)C1C=CCCC1. The number of hydrogen-bond donors (Lipinski definition) is 1. The van der Waals surface area contributed by atoms with E-state index in [1.165, 1.54) is 0 Å². The zero-order chi connectivity index (χ0) is 7.40. The highest BCUT2D eigenvalue weighted by Gasteiger charge is 2.17. The van der Waals surface area contributed by atoms with Gasteiger partial charge in [0.25, 0.3) is 0 Å². The molecule has 0 bridgehead atoms. The molecule has 0 saturated heterocycles. The molecule has 1 aliphatic carbocycles. The van der Waals surface area contributed by atoms with Crippen molar-refractivity contribution in [3.05, 3.63) is 12.2 Å². The van der Waals surface area contributed by atoms with Crippen molar-refractivity contribution in [3.63, 3.8) is 0 Å². The summed E-state index contributed by atoms with van der Waals surface area (Å²) in [7, 11) is 0. The van der Waals surface area contributed by atoms with Gasteiger partial charge in [-0.3, -0.25) is 0 Å². The molecule has 0 aromatic carbocycles. The molecule has 0 fully saturated rings. The second-order valence-electron chi connectivity index (χ2n) is 2.40. The average molecular weight is 141 g/mol. The second-order valence-corrected chi connectivity index (χ2v) is 2.40. The third kappa shape index (κ3) is 1.57. The van der Waals surface area contributed by atoms with E-state index in [1.807, 2.05) is 12.2 Å². The minimum Gasteiger partial charge on any atom is -0.373 e.